The predicted molar refractivity (Wildman–Crippen MR) is 125 cm³/mol. The predicted octanol–water partition coefficient (Wildman–Crippen LogP) is 3.84. The van der Waals surface area contributed by atoms with E-state index in [4.69, 9.17) is 4.99 Å². The van der Waals surface area contributed by atoms with Gasteiger partial charge in [0, 0.05) is 29.3 Å². The number of likely N-dealkylation sites (N-methyl/N-ethyl adjacent to an activating group) is 1. The van der Waals surface area contributed by atoms with Gasteiger partial charge in [0.25, 0.3) is 0 Å². The second-order valence-electron chi connectivity index (χ2n) is 6.14. The zero-order valence-electron chi connectivity index (χ0n) is 16.2. The summed E-state index contributed by atoms with van der Waals surface area (Å²) in [6.07, 6.45) is 0.922. The summed E-state index contributed by atoms with van der Waals surface area (Å²) < 4.78 is 0. The van der Waals surface area contributed by atoms with Crippen molar-refractivity contribution in [2.75, 3.05) is 33.7 Å². The lowest BCUT2D eigenvalue weighted by atomic mass is 10.2. The van der Waals surface area contributed by atoms with E-state index in [0.717, 1.165) is 37.7 Å². The minimum Gasteiger partial charge on any atom is -0.357 e. The SMILES string of the molecule is CCNC(=NCC(c1cccs1)N(C)C)NCCc1nc(C)c(C)s1.I. The molecule has 5 nitrogen and oxygen atoms in total. The molecule has 0 bridgehead atoms. The van der Waals surface area contributed by atoms with Crippen LogP contribution in [0.2, 0.25) is 0 Å². The van der Waals surface area contributed by atoms with Crippen molar-refractivity contribution in [2.45, 2.75) is 33.2 Å². The van der Waals surface area contributed by atoms with E-state index >= 15 is 0 Å². The Kier molecular flexibility index (Phi) is 10.7. The minimum absolute atomic E-state index is 0. The molecule has 2 aromatic heterocycles. The van der Waals surface area contributed by atoms with Crippen LogP contribution >= 0.6 is 46.7 Å². The average Bonchev–Trinajstić information content (AvgIpc) is 3.18. The van der Waals surface area contributed by atoms with Crippen molar-refractivity contribution in [3.8, 4) is 0 Å². The number of nitrogens with one attached hydrogen (secondary N) is 2. The number of rotatable bonds is 8. The van der Waals surface area contributed by atoms with E-state index in [0.29, 0.717) is 6.04 Å². The molecule has 2 N–H and O–H groups in total. The summed E-state index contributed by atoms with van der Waals surface area (Å²) in [5.74, 6) is 0.871. The van der Waals surface area contributed by atoms with Crippen LogP contribution in [0.1, 0.15) is 33.4 Å². The third kappa shape index (κ3) is 7.13. The molecule has 8 heteroatoms. The van der Waals surface area contributed by atoms with E-state index in [9.17, 15) is 0 Å². The summed E-state index contributed by atoms with van der Waals surface area (Å²) in [6, 6.07) is 4.58. The third-order valence-electron chi connectivity index (χ3n) is 3.97. The molecular weight excluding hydrogens is 477 g/mol. The maximum Gasteiger partial charge on any atom is 0.191 e. The smallest absolute Gasteiger partial charge is 0.191 e. The Labute approximate surface area is 182 Å². The van der Waals surface area contributed by atoms with Gasteiger partial charge in [-0.15, -0.1) is 46.7 Å². The summed E-state index contributed by atoms with van der Waals surface area (Å²) in [6.45, 7) is 8.71. The molecule has 0 fully saturated rings. The number of nitrogens with zero attached hydrogens (tertiary/aromatic N) is 3. The molecule has 0 radical (unpaired) electrons. The third-order valence-corrected chi connectivity index (χ3v) is 6.07. The molecule has 0 aliphatic carbocycles. The van der Waals surface area contributed by atoms with Gasteiger partial charge in [-0.1, -0.05) is 6.07 Å². The maximum absolute atomic E-state index is 4.79. The summed E-state index contributed by atoms with van der Waals surface area (Å²) in [7, 11) is 4.21. The first-order valence-electron chi connectivity index (χ1n) is 8.66. The fraction of sp³-hybridized carbons (Fsp3) is 0.556. The zero-order valence-corrected chi connectivity index (χ0v) is 20.2. The van der Waals surface area contributed by atoms with Gasteiger partial charge in [0.15, 0.2) is 5.96 Å². The fourth-order valence-corrected chi connectivity index (χ4v) is 4.29. The summed E-state index contributed by atoms with van der Waals surface area (Å²) in [4.78, 5) is 14.3. The molecule has 0 aromatic carbocycles. The molecule has 0 spiro atoms. The lowest BCUT2D eigenvalue weighted by Crippen LogP contribution is -2.39. The molecule has 0 saturated carbocycles. The Bertz CT molecular complexity index is 648. The Balaban J connectivity index is 0.00000338. The summed E-state index contributed by atoms with van der Waals surface area (Å²) in [5.41, 5.74) is 1.14. The van der Waals surface area contributed by atoms with E-state index < -0.39 is 0 Å². The highest BCUT2D eigenvalue weighted by Gasteiger charge is 2.15. The molecule has 2 aromatic rings. The highest BCUT2D eigenvalue weighted by Crippen LogP contribution is 2.23. The highest BCUT2D eigenvalue weighted by molar-refractivity contribution is 14.0. The first-order chi connectivity index (χ1) is 12.0. The summed E-state index contributed by atoms with van der Waals surface area (Å²) >= 11 is 3.57. The van der Waals surface area contributed by atoms with Crippen molar-refractivity contribution in [1.29, 1.82) is 0 Å². The Morgan fingerprint density at radius 2 is 2.08 bits per heavy atom. The Morgan fingerprint density at radius 3 is 2.62 bits per heavy atom. The van der Waals surface area contributed by atoms with E-state index in [1.165, 1.54) is 14.8 Å². The quantitative estimate of drug-likeness (QED) is 0.324. The topological polar surface area (TPSA) is 52.6 Å². The van der Waals surface area contributed by atoms with Crippen LogP contribution < -0.4 is 10.6 Å². The highest BCUT2D eigenvalue weighted by atomic mass is 127. The van der Waals surface area contributed by atoms with Crippen LogP contribution in [-0.2, 0) is 6.42 Å². The number of guanidine groups is 1. The van der Waals surface area contributed by atoms with Crippen LogP contribution in [0, 0.1) is 13.8 Å². The number of halogens is 1. The van der Waals surface area contributed by atoms with Gasteiger partial charge >= 0.3 is 0 Å². The molecule has 0 amide bonds. The standard InChI is InChI=1S/C18H29N5S2.HI/c1-6-19-18(20-10-9-17-22-13(2)14(3)25-17)21-12-15(23(4)5)16-8-7-11-24-16;/h7-8,11,15H,6,9-10,12H2,1-5H3,(H2,19,20,21);1H. The van der Waals surface area contributed by atoms with Gasteiger partial charge in [-0.2, -0.15) is 0 Å². The van der Waals surface area contributed by atoms with Gasteiger partial charge in [-0.25, -0.2) is 4.98 Å². The van der Waals surface area contributed by atoms with Crippen molar-refractivity contribution < 1.29 is 0 Å². The maximum atomic E-state index is 4.79. The van der Waals surface area contributed by atoms with E-state index in [-0.39, 0.29) is 24.0 Å². The number of thiophene rings is 1. The van der Waals surface area contributed by atoms with Crippen molar-refractivity contribution in [3.63, 3.8) is 0 Å². The molecule has 146 valence electrons. The van der Waals surface area contributed by atoms with Gasteiger partial charge in [-0.05, 0) is 46.3 Å². The second-order valence-corrected chi connectivity index (χ2v) is 8.41. The number of hydrogen-bond donors (Lipinski definition) is 2. The number of aromatic nitrogens is 1. The first-order valence-corrected chi connectivity index (χ1v) is 10.4. The Hall–Kier alpha value is -0.710. The lowest BCUT2D eigenvalue weighted by molar-refractivity contribution is 0.310. The molecule has 1 unspecified atom stereocenters. The number of aliphatic imine (C=N–C) groups is 1. The van der Waals surface area contributed by atoms with Gasteiger partial charge in [0.1, 0.15) is 0 Å². The first kappa shape index (κ1) is 23.3. The second kappa shape index (κ2) is 11.9. The summed E-state index contributed by atoms with van der Waals surface area (Å²) in [5, 5.41) is 10.1. The van der Waals surface area contributed by atoms with Crippen LogP contribution in [0.15, 0.2) is 22.5 Å². The van der Waals surface area contributed by atoms with Crippen LogP contribution in [-0.4, -0.2) is 49.6 Å². The van der Waals surface area contributed by atoms with E-state index in [1.807, 2.05) is 0 Å². The van der Waals surface area contributed by atoms with Crippen LogP contribution in [0.5, 0.6) is 0 Å². The van der Waals surface area contributed by atoms with Gasteiger partial charge in [0.05, 0.1) is 23.3 Å². The van der Waals surface area contributed by atoms with Crippen LogP contribution in [0.4, 0.5) is 0 Å². The van der Waals surface area contributed by atoms with Crippen LogP contribution in [0.25, 0.3) is 0 Å². The van der Waals surface area contributed by atoms with Gasteiger partial charge in [-0.3, -0.25) is 4.99 Å². The molecule has 0 saturated heterocycles. The fourth-order valence-electron chi connectivity index (χ4n) is 2.44. The monoisotopic (exact) mass is 507 g/mol. The largest absolute Gasteiger partial charge is 0.357 e. The van der Waals surface area contributed by atoms with Crippen molar-refractivity contribution >= 4 is 52.6 Å². The van der Waals surface area contributed by atoms with Crippen molar-refractivity contribution in [1.82, 2.24) is 20.5 Å². The molecular formula is C18H30IN5S2. The van der Waals surface area contributed by atoms with Crippen molar-refractivity contribution in [3.05, 3.63) is 38.0 Å². The van der Waals surface area contributed by atoms with Gasteiger partial charge in [0.2, 0.25) is 0 Å². The molecule has 26 heavy (non-hydrogen) atoms. The van der Waals surface area contributed by atoms with Crippen molar-refractivity contribution in [2.24, 2.45) is 4.99 Å². The minimum atomic E-state index is 0. The molecule has 1 atom stereocenters. The number of hydrogen-bond acceptors (Lipinski definition) is 5. The number of thiazole rings is 1. The zero-order chi connectivity index (χ0) is 18.2. The normalized spacial score (nSPS) is 12.8. The van der Waals surface area contributed by atoms with E-state index in [2.05, 4.69) is 72.9 Å². The van der Waals surface area contributed by atoms with Crippen LogP contribution in [0.3, 0.4) is 0 Å². The Morgan fingerprint density at radius 1 is 1.31 bits per heavy atom. The average molecular weight is 508 g/mol. The molecule has 2 rings (SSSR count). The lowest BCUT2D eigenvalue weighted by Gasteiger charge is -2.22. The molecule has 0 aliphatic rings. The number of aryl methyl sites for hydroxylation is 2. The van der Waals surface area contributed by atoms with E-state index in [1.54, 1.807) is 22.7 Å². The molecule has 2 heterocycles. The van der Waals surface area contributed by atoms with Gasteiger partial charge < -0.3 is 15.5 Å². The molecule has 0 aliphatic heterocycles.